The molecule has 0 bridgehead atoms. The Kier molecular flexibility index (Phi) is 9.95. The van der Waals surface area contributed by atoms with E-state index in [9.17, 15) is 19.5 Å². The number of methoxy groups -OCH3 is 1. The number of carbonyl (C=O) groups excluding carboxylic acids is 3. The van der Waals surface area contributed by atoms with E-state index in [0.29, 0.717) is 17.9 Å². The van der Waals surface area contributed by atoms with Crippen LogP contribution in [-0.2, 0) is 19.1 Å². The predicted molar refractivity (Wildman–Crippen MR) is 114 cm³/mol. The molecule has 0 radical (unpaired) electrons. The molecule has 0 unspecified atom stereocenters. The first-order valence-corrected chi connectivity index (χ1v) is 10.2. The Morgan fingerprint density at radius 2 is 1.50 bits per heavy atom. The van der Waals surface area contributed by atoms with Crippen LogP contribution >= 0.6 is 0 Å². The number of benzene rings is 1. The normalized spacial score (nSPS) is 15.3. The second-order valence-electron chi connectivity index (χ2n) is 8.24. The highest BCUT2D eigenvalue weighted by Gasteiger charge is 2.29. The third-order valence-corrected chi connectivity index (χ3v) is 4.86. The number of aliphatic hydroxyl groups excluding tert-OH is 1. The van der Waals surface area contributed by atoms with Gasteiger partial charge in [-0.05, 0) is 36.3 Å². The van der Waals surface area contributed by atoms with Crippen LogP contribution in [0.25, 0.3) is 0 Å². The lowest BCUT2D eigenvalue weighted by Crippen LogP contribution is -2.53. The van der Waals surface area contributed by atoms with Gasteiger partial charge in [-0.3, -0.25) is 9.59 Å². The highest BCUT2D eigenvalue weighted by Crippen LogP contribution is 2.19. The van der Waals surface area contributed by atoms with Crippen molar-refractivity contribution in [3.63, 3.8) is 0 Å². The SMILES string of the molecule is COC(=O)[C@H](CC(C)C)NC(=O)[C@H](C)NC(=O)[C@@H](O)[C@H](N)c1ccc(C(C)C)cc1. The lowest BCUT2D eigenvalue weighted by molar-refractivity contribution is -0.145. The van der Waals surface area contributed by atoms with Crippen LogP contribution in [0.5, 0.6) is 0 Å². The van der Waals surface area contributed by atoms with E-state index in [-0.39, 0.29) is 5.92 Å². The molecule has 1 rings (SSSR count). The first kappa shape index (κ1) is 25.6. The van der Waals surface area contributed by atoms with Gasteiger partial charge in [0.05, 0.1) is 13.2 Å². The maximum Gasteiger partial charge on any atom is 0.328 e. The van der Waals surface area contributed by atoms with Crippen LogP contribution in [-0.4, -0.2) is 48.2 Å². The maximum atomic E-state index is 12.4. The van der Waals surface area contributed by atoms with E-state index in [1.54, 1.807) is 12.1 Å². The number of hydrogen-bond acceptors (Lipinski definition) is 6. The molecule has 0 aliphatic carbocycles. The van der Waals surface area contributed by atoms with Crippen molar-refractivity contribution in [2.75, 3.05) is 7.11 Å². The van der Waals surface area contributed by atoms with Crippen LogP contribution in [0, 0.1) is 5.92 Å². The summed E-state index contributed by atoms with van der Waals surface area (Å²) in [6, 6.07) is 4.64. The Morgan fingerprint density at radius 1 is 0.967 bits per heavy atom. The number of carbonyl (C=O) groups is 3. The highest BCUT2D eigenvalue weighted by molar-refractivity contribution is 5.91. The Morgan fingerprint density at radius 3 is 1.97 bits per heavy atom. The average Bonchev–Trinajstić information content (AvgIpc) is 2.70. The fraction of sp³-hybridized carbons (Fsp3) is 0.591. The van der Waals surface area contributed by atoms with Crippen LogP contribution in [0.3, 0.4) is 0 Å². The van der Waals surface area contributed by atoms with Gasteiger partial charge in [-0.25, -0.2) is 4.79 Å². The van der Waals surface area contributed by atoms with Gasteiger partial charge < -0.3 is 26.2 Å². The summed E-state index contributed by atoms with van der Waals surface area (Å²) in [6.45, 7) is 9.43. The van der Waals surface area contributed by atoms with Crippen LogP contribution < -0.4 is 16.4 Å². The molecule has 0 aromatic heterocycles. The number of nitrogens with one attached hydrogen (secondary N) is 2. The summed E-state index contributed by atoms with van der Waals surface area (Å²) in [7, 11) is 1.25. The van der Waals surface area contributed by atoms with Crippen LogP contribution in [0.2, 0.25) is 0 Å². The van der Waals surface area contributed by atoms with E-state index < -0.39 is 42.0 Å². The zero-order valence-corrected chi connectivity index (χ0v) is 18.6. The molecular formula is C22H35N3O5. The molecule has 0 heterocycles. The Hall–Kier alpha value is -2.45. The molecule has 1 aromatic rings. The summed E-state index contributed by atoms with van der Waals surface area (Å²) in [4.78, 5) is 36.7. The van der Waals surface area contributed by atoms with Crippen molar-refractivity contribution in [3.05, 3.63) is 35.4 Å². The standard InChI is InChI=1S/C22H35N3O5/c1-12(2)11-17(22(29)30-6)25-20(27)14(5)24-21(28)19(26)18(23)16-9-7-15(8-10-16)13(3)4/h7-10,12-14,17-19,26H,11,23H2,1-6H3,(H,24,28)(H,25,27)/t14-,17-,18+,19-/m0/s1. The minimum absolute atomic E-state index is 0.154. The van der Waals surface area contributed by atoms with Crippen molar-refractivity contribution >= 4 is 17.8 Å². The van der Waals surface area contributed by atoms with Crippen LogP contribution in [0.15, 0.2) is 24.3 Å². The van der Waals surface area contributed by atoms with E-state index >= 15 is 0 Å². The lowest BCUT2D eigenvalue weighted by atomic mass is 9.97. The summed E-state index contributed by atoms with van der Waals surface area (Å²) in [5.41, 5.74) is 7.77. The smallest absolute Gasteiger partial charge is 0.328 e. The lowest BCUT2D eigenvalue weighted by Gasteiger charge is -2.23. The summed E-state index contributed by atoms with van der Waals surface area (Å²) >= 11 is 0. The monoisotopic (exact) mass is 421 g/mol. The van der Waals surface area contributed by atoms with Gasteiger partial charge in [0.2, 0.25) is 5.91 Å². The number of amides is 2. The Balaban J connectivity index is 2.72. The van der Waals surface area contributed by atoms with E-state index in [2.05, 4.69) is 24.5 Å². The number of esters is 1. The third kappa shape index (κ3) is 7.42. The van der Waals surface area contributed by atoms with Crippen LogP contribution in [0.4, 0.5) is 0 Å². The van der Waals surface area contributed by atoms with E-state index in [4.69, 9.17) is 10.5 Å². The van der Waals surface area contributed by atoms with E-state index in [1.165, 1.54) is 14.0 Å². The van der Waals surface area contributed by atoms with Gasteiger partial charge >= 0.3 is 5.97 Å². The molecule has 30 heavy (non-hydrogen) atoms. The molecular weight excluding hydrogens is 386 g/mol. The molecule has 8 nitrogen and oxygen atoms in total. The van der Waals surface area contributed by atoms with Crippen molar-refractivity contribution < 1.29 is 24.2 Å². The minimum atomic E-state index is -1.53. The average molecular weight is 422 g/mol. The zero-order chi connectivity index (χ0) is 23.0. The van der Waals surface area contributed by atoms with Crippen molar-refractivity contribution in [1.29, 1.82) is 0 Å². The molecule has 0 aliphatic heterocycles. The first-order chi connectivity index (χ1) is 14.0. The summed E-state index contributed by atoms with van der Waals surface area (Å²) in [6.07, 6.45) is -1.13. The van der Waals surface area contributed by atoms with Gasteiger partial charge in [0.15, 0.2) is 6.10 Å². The molecule has 2 amide bonds. The summed E-state index contributed by atoms with van der Waals surface area (Å²) in [5, 5.41) is 15.4. The Labute approximate surface area is 178 Å². The van der Waals surface area contributed by atoms with Gasteiger partial charge in [0.1, 0.15) is 12.1 Å². The molecule has 168 valence electrons. The molecule has 0 aliphatic rings. The second kappa shape index (κ2) is 11.7. The molecule has 0 spiro atoms. The van der Waals surface area contributed by atoms with Crippen molar-refractivity contribution in [1.82, 2.24) is 10.6 Å². The fourth-order valence-corrected chi connectivity index (χ4v) is 2.94. The fourth-order valence-electron chi connectivity index (χ4n) is 2.94. The molecule has 8 heteroatoms. The molecule has 4 atom stereocenters. The number of nitrogens with two attached hydrogens (primary N) is 1. The summed E-state index contributed by atoms with van der Waals surface area (Å²) in [5.74, 6) is -1.37. The van der Waals surface area contributed by atoms with Gasteiger partial charge in [0.25, 0.3) is 5.91 Å². The van der Waals surface area contributed by atoms with Gasteiger partial charge in [-0.2, -0.15) is 0 Å². The largest absolute Gasteiger partial charge is 0.467 e. The van der Waals surface area contributed by atoms with Crippen LogP contribution in [0.1, 0.15) is 64.1 Å². The maximum absolute atomic E-state index is 12.4. The highest BCUT2D eigenvalue weighted by atomic mass is 16.5. The van der Waals surface area contributed by atoms with Crippen molar-refractivity contribution in [2.24, 2.45) is 11.7 Å². The number of aliphatic hydroxyl groups is 1. The van der Waals surface area contributed by atoms with E-state index in [0.717, 1.165) is 5.56 Å². The van der Waals surface area contributed by atoms with Gasteiger partial charge in [-0.1, -0.05) is 52.0 Å². The molecule has 5 N–H and O–H groups in total. The third-order valence-electron chi connectivity index (χ3n) is 4.86. The Bertz CT molecular complexity index is 718. The van der Waals surface area contributed by atoms with Gasteiger partial charge in [-0.15, -0.1) is 0 Å². The topological polar surface area (TPSA) is 131 Å². The molecule has 0 fully saturated rings. The van der Waals surface area contributed by atoms with Crippen molar-refractivity contribution in [3.8, 4) is 0 Å². The zero-order valence-electron chi connectivity index (χ0n) is 18.6. The number of hydrogen-bond donors (Lipinski definition) is 4. The minimum Gasteiger partial charge on any atom is -0.467 e. The molecule has 0 saturated carbocycles. The molecule has 0 saturated heterocycles. The van der Waals surface area contributed by atoms with Gasteiger partial charge in [0, 0.05) is 0 Å². The quantitative estimate of drug-likeness (QED) is 0.422. The predicted octanol–water partition coefficient (Wildman–Crippen LogP) is 1.38. The second-order valence-corrected chi connectivity index (χ2v) is 8.24. The number of rotatable bonds is 10. The first-order valence-electron chi connectivity index (χ1n) is 10.2. The number of ether oxygens (including phenoxy) is 1. The molecule has 1 aromatic carbocycles. The summed E-state index contributed by atoms with van der Waals surface area (Å²) < 4.78 is 4.72. The van der Waals surface area contributed by atoms with E-state index in [1.807, 2.05) is 26.0 Å². The van der Waals surface area contributed by atoms with Crippen molar-refractivity contribution in [2.45, 2.75) is 71.2 Å².